The molecule has 1 aromatic rings. The molecule has 0 spiro atoms. The first-order chi connectivity index (χ1) is 9.58. The van der Waals surface area contributed by atoms with Crippen LogP contribution in [-0.2, 0) is 0 Å². The number of carbonyl (C=O) groups excluding carboxylic acids is 1. The van der Waals surface area contributed by atoms with Gasteiger partial charge in [-0.1, -0.05) is 37.3 Å². The second-order valence-electron chi connectivity index (χ2n) is 4.95. The van der Waals surface area contributed by atoms with Crippen LogP contribution in [0.1, 0.15) is 36.7 Å². The van der Waals surface area contributed by atoms with E-state index < -0.39 is 0 Å². The van der Waals surface area contributed by atoms with Crippen molar-refractivity contribution in [2.75, 3.05) is 13.2 Å². The molecule has 1 aromatic carbocycles. The molecule has 0 fully saturated rings. The van der Waals surface area contributed by atoms with Crippen LogP contribution in [0.25, 0.3) is 5.57 Å². The standard InChI is InChI=1S/C17H23NO2/c1-4-5-6-14(3)15-7-9-16(10-8-15)17(20)18-11-13(2)12-19/h4-10,13,19H,11-12H2,1-3H3,(H,18,20)/b5-4-,14-6+. The molecule has 1 amide bonds. The largest absolute Gasteiger partial charge is 0.396 e. The van der Waals surface area contributed by atoms with E-state index in [9.17, 15) is 4.79 Å². The van der Waals surface area contributed by atoms with E-state index in [1.54, 1.807) is 0 Å². The van der Waals surface area contributed by atoms with Gasteiger partial charge in [0.1, 0.15) is 0 Å². The lowest BCUT2D eigenvalue weighted by molar-refractivity contribution is 0.0942. The SMILES string of the molecule is C/C=C\C=C(/C)c1ccc(C(=O)NCC(C)CO)cc1. The zero-order valence-electron chi connectivity index (χ0n) is 12.4. The summed E-state index contributed by atoms with van der Waals surface area (Å²) in [5.74, 6) is -0.0313. The van der Waals surface area contributed by atoms with E-state index in [0.29, 0.717) is 12.1 Å². The van der Waals surface area contributed by atoms with Crippen LogP contribution in [0, 0.1) is 5.92 Å². The maximum absolute atomic E-state index is 11.9. The highest BCUT2D eigenvalue weighted by Gasteiger charge is 2.07. The van der Waals surface area contributed by atoms with Crippen LogP contribution in [0.4, 0.5) is 0 Å². The van der Waals surface area contributed by atoms with Crippen LogP contribution in [0.15, 0.2) is 42.5 Å². The van der Waals surface area contributed by atoms with Gasteiger partial charge in [0.25, 0.3) is 5.91 Å². The van der Waals surface area contributed by atoms with E-state index in [1.807, 2.05) is 63.3 Å². The monoisotopic (exact) mass is 273 g/mol. The van der Waals surface area contributed by atoms with E-state index in [4.69, 9.17) is 5.11 Å². The van der Waals surface area contributed by atoms with Crippen LogP contribution in [0.5, 0.6) is 0 Å². The Hall–Kier alpha value is -1.87. The van der Waals surface area contributed by atoms with Crippen LogP contribution in [0.2, 0.25) is 0 Å². The fourth-order valence-corrected chi connectivity index (χ4v) is 1.65. The summed E-state index contributed by atoms with van der Waals surface area (Å²) in [6.07, 6.45) is 6.01. The molecule has 0 saturated carbocycles. The van der Waals surface area contributed by atoms with Gasteiger partial charge in [-0.15, -0.1) is 0 Å². The molecule has 20 heavy (non-hydrogen) atoms. The topological polar surface area (TPSA) is 49.3 Å². The van der Waals surface area contributed by atoms with Crippen molar-refractivity contribution >= 4 is 11.5 Å². The smallest absolute Gasteiger partial charge is 0.251 e. The second-order valence-corrected chi connectivity index (χ2v) is 4.95. The molecule has 0 radical (unpaired) electrons. The molecule has 1 rings (SSSR count). The first-order valence-corrected chi connectivity index (χ1v) is 6.87. The summed E-state index contributed by atoms with van der Waals surface area (Å²) >= 11 is 0. The van der Waals surface area contributed by atoms with Gasteiger partial charge >= 0.3 is 0 Å². The fourth-order valence-electron chi connectivity index (χ4n) is 1.65. The van der Waals surface area contributed by atoms with Gasteiger partial charge in [0, 0.05) is 18.7 Å². The van der Waals surface area contributed by atoms with E-state index >= 15 is 0 Å². The van der Waals surface area contributed by atoms with Crippen LogP contribution in [0.3, 0.4) is 0 Å². The third-order valence-electron chi connectivity index (χ3n) is 3.06. The maximum atomic E-state index is 11.9. The number of hydrogen-bond donors (Lipinski definition) is 2. The highest BCUT2D eigenvalue weighted by Crippen LogP contribution is 2.14. The van der Waals surface area contributed by atoms with E-state index in [0.717, 1.165) is 11.1 Å². The van der Waals surface area contributed by atoms with E-state index in [-0.39, 0.29) is 18.4 Å². The number of nitrogens with one attached hydrogen (secondary N) is 1. The number of allylic oxidation sites excluding steroid dienone is 4. The van der Waals surface area contributed by atoms with Crippen molar-refractivity contribution in [3.8, 4) is 0 Å². The molecule has 3 heteroatoms. The minimum absolute atomic E-state index is 0.0734. The summed E-state index contributed by atoms with van der Waals surface area (Å²) in [6.45, 7) is 6.47. The molecule has 108 valence electrons. The van der Waals surface area contributed by atoms with Gasteiger partial charge in [-0.05, 0) is 43.0 Å². The Morgan fingerprint density at radius 3 is 2.45 bits per heavy atom. The average Bonchev–Trinajstić information content (AvgIpc) is 2.49. The maximum Gasteiger partial charge on any atom is 0.251 e. The molecule has 1 unspecified atom stereocenters. The Morgan fingerprint density at radius 2 is 1.90 bits per heavy atom. The quantitative estimate of drug-likeness (QED) is 0.783. The number of benzene rings is 1. The fraction of sp³-hybridized carbons (Fsp3) is 0.353. The average molecular weight is 273 g/mol. The summed E-state index contributed by atoms with van der Waals surface area (Å²) < 4.78 is 0. The lowest BCUT2D eigenvalue weighted by atomic mass is 10.0. The molecular formula is C17H23NO2. The molecule has 0 saturated heterocycles. The first-order valence-electron chi connectivity index (χ1n) is 6.87. The normalized spacial score (nSPS) is 13.5. The van der Waals surface area contributed by atoms with Crippen molar-refractivity contribution in [2.45, 2.75) is 20.8 Å². The zero-order chi connectivity index (χ0) is 15.0. The predicted molar refractivity (Wildman–Crippen MR) is 83.5 cm³/mol. The van der Waals surface area contributed by atoms with Crippen molar-refractivity contribution in [1.82, 2.24) is 5.32 Å². The number of aliphatic hydroxyl groups excluding tert-OH is 1. The Labute approximate surface area is 121 Å². The molecule has 0 aliphatic rings. The lowest BCUT2D eigenvalue weighted by Gasteiger charge is -2.10. The van der Waals surface area contributed by atoms with Gasteiger partial charge in [-0.3, -0.25) is 4.79 Å². The molecule has 0 aromatic heterocycles. The number of amides is 1. The van der Waals surface area contributed by atoms with Crippen molar-refractivity contribution in [3.05, 3.63) is 53.6 Å². The molecule has 1 atom stereocenters. The van der Waals surface area contributed by atoms with Gasteiger partial charge < -0.3 is 10.4 Å². The first kappa shape index (κ1) is 16.2. The van der Waals surface area contributed by atoms with Gasteiger partial charge in [0.2, 0.25) is 0 Å². The number of hydrogen-bond acceptors (Lipinski definition) is 2. The molecule has 3 nitrogen and oxygen atoms in total. The predicted octanol–water partition coefficient (Wildman–Crippen LogP) is 3.02. The molecule has 0 aliphatic heterocycles. The third-order valence-corrected chi connectivity index (χ3v) is 3.06. The van der Waals surface area contributed by atoms with Crippen LogP contribution >= 0.6 is 0 Å². The highest BCUT2D eigenvalue weighted by atomic mass is 16.3. The van der Waals surface area contributed by atoms with Gasteiger partial charge in [0.15, 0.2) is 0 Å². The number of carbonyl (C=O) groups is 1. The zero-order valence-corrected chi connectivity index (χ0v) is 12.4. The van der Waals surface area contributed by atoms with Gasteiger partial charge in [-0.2, -0.15) is 0 Å². The van der Waals surface area contributed by atoms with Crippen molar-refractivity contribution in [2.24, 2.45) is 5.92 Å². The summed E-state index contributed by atoms with van der Waals surface area (Å²) in [6, 6.07) is 7.53. The van der Waals surface area contributed by atoms with Crippen molar-refractivity contribution in [1.29, 1.82) is 0 Å². The minimum Gasteiger partial charge on any atom is -0.396 e. The minimum atomic E-state index is -0.105. The molecule has 0 bridgehead atoms. The number of aliphatic hydroxyl groups is 1. The molecule has 0 heterocycles. The van der Waals surface area contributed by atoms with Crippen LogP contribution < -0.4 is 5.32 Å². The molecule has 2 N–H and O–H groups in total. The van der Waals surface area contributed by atoms with Gasteiger partial charge in [-0.25, -0.2) is 0 Å². The van der Waals surface area contributed by atoms with E-state index in [1.165, 1.54) is 0 Å². The Balaban J connectivity index is 2.69. The van der Waals surface area contributed by atoms with Crippen LogP contribution in [-0.4, -0.2) is 24.2 Å². The summed E-state index contributed by atoms with van der Waals surface area (Å²) in [5, 5.41) is 11.7. The Morgan fingerprint density at radius 1 is 1.30 bits per heavy atom. The Bertz CT molecular complexity index is 486. The third kappa shape index (κ3) is 5.02. The molecule has 0 aliphatic carbocycles. The number of rotatable bonds is 6. The van der Waals surface area contributed by atoms with Crippen molar-refractivity contribution in [3.63, 3.8) is 0 Å². The summed E-state index contributed by atoms with van der Waals surface area (Å²) in [4.78, 5) is 11.9. The molecular weight excluding hydrogens is 250 g/mol. The second kappa shape index (κ2) is 8.33. The highest BCUT2D eigenvalue weighted by molar-refractivity contribution is 5.94. The summed E-state index contributed by atoms with van der Waals surface area (Å²) in [5.41, 5.74) is 2.89. The lowest BCUT2D eigenvalue weighted by Crippen LogP contribution is -2.29. The van der Waals surface area contributed by atoms with Crippen molar-refractivity contribution < 1.29 is 9.90 Å². The van der Waals surface area contributed by atoms with E-state index in [2.05, 4.69) is 5.32 Å². The summed E-state index contributed by atoms with van der Waals surface area (Å²) in [7, 11) is 0. The Kier molecular flexibility index (Phi) is 6.74. The van der Waals surface area contributed by atoms with Gasteiger partial charge in [0.05, 0.1) is 0 Å².